The molecule has 0 radical (unpaired) electrons. The summed E-state index contributed by atoms with van der Waals surface area (Å²) in [7, 11) is 1.97. The number of aliphatic hydroxyl groups is 1. The molecule has 45 heavy (non-hydrogen) atoms. The van der Waals surface area contributed by atoms with Crippen LogP contribution in [0.2, 0.25) is 0 Å². The molecule has 3 atom stereocenters. The van der Waals surface area contributed by atoms with Crippen LogP contribution in [0.5, 0.6) is 0 Å². The van der Waals surface area contributed by atoms with Crippen LogP contribution in [0, 0.1) is 0 Å². The van der Waals surface area contributed by atoms with Crippen molar-refractivity contribution in [3.05, 3.63) is 102 Å². The number of para-hydroxylation sites is 2. The van der Waals surface area contributed by atoms with Gasteiger partial charge in [0.25, 0.3) is 0 Å². The lowest BCUT2D eigenvalue weighted by Gasteiger charge is -2.36. The number of carbonyl (C=O) groups is 2. The number of benzene rings is 3. The highest BCUT2D eigenvalue weighted by atomic mass is 32.2. The summed E-state index contributed by atoms with van der Waals surface area (Å²) in [5, 5.41) is 16.2. The van der Waals surface area contributed by atoms with Crippen molar-refractivity contribution in [2.75, 3.05) is 22.1 Å². The zero-order chi connectivity index (χ0) is 31.6. The molecule has 11 heteroatoms. The first-order valence-electron chi connectivity index (χ1n) is 15.0. The topological polar surface area (TPSA) is 141 Å². The van der Waals surface area contributed by atoms with E-state index >= 15 is 0 Å². The van der Waals surface area contributed by atoms with Crippen molar-refractivity contribution in [2.24, 2.45) is 7.05 Å². The molecule has 5 N–H and O–H groups in total. The third kappa shape index (κ3) is 9.18. The number of imidazole rings is 1. The summed E-state index contributed by atoms with van der Waals surface area (Å²) in [6.07, 6.45) is 5.15. The van der Waals surface area contributed by atoms with Gasteiger partial charge in [0.2, 0.25) is 11.8 Å². The Morgan fingerprint density at radius 3 is 2.44 bits per heavy atom. The SMILES string of the molecule is Cn1ccnc1SC[C@H]1C[C@@H](c2ccc(CO)cc2)O[C@@H](c2cccc(NC(=O)CCCCC(=O)Nc3ccccc3N)c2)O1. The molecule has 5 rings (SSSR count). The van der Waals surface area contributed by atoms with E-state index in [1.54, 1.807) is 30.1 Å². The number of hydrogen-bond donors (Lipinski definition) is 4. The van der Waals surface area contributed by atoms with Gasteiger partial charge in [-0.3, -0.25) is 9.59 Å². The van der Waals surface area contributed by atoms with Gasteiger partial charge < -0.3 is 35.5 Å². The van der Waals surface area contributed by atoms with E-state index in [1.807, 2.05) is 78.5 Å². The van der Waals surface area contributed by atoms with Crippen molar-refractivity contribution in [3.63, 3.8) is 0 Å². The van der Waals surface area contributed by atoms with Gasteiger partial charge in [0.05, 0.1) is 30.2 Å². The molecule has 3 aromatic carbocycles. The maximum atomic E-state index is 12.7. The van der Waals surface area contributed by atoms with Crippen molar-refractivity contribution in [3.8, 4) is 0 Å². The Morgan fingerprint density at radius 2 is 1.73 bits per heavy atom. The van der Waals surface area contributed by atoms with E-state index in [2.05, 4.69) is 15.6 Å². The van der Waals surface area contributed by atoms with E-state index < -0.39 is 6.29 Å². The lowest BCUT2D eigenvalue weighted by Crippen LogP contribution is -2.31. The van der Waals surface area contributed by atoms with Crippen molar-refractivity contribution in [1.82, 2.24) is 9.55 Å². The minimum Gasteiger partial charge on any atom is -0.397 e. The quantitative estimate of drug-likeness (QED) is 0.0806. The van der Waals surface area contributed by atoms with E-state index in [1.165, 1.54) is 0 Å². The first-order chi connectivity index (χ1) is 21.9. The van der Waals surface area contributed by atoms with Crippen molar-refractivity contribution in [1.29, 1.82) is 0 Å². The number of nitrogen functional groups attached to an aromatic ring is 1. The number of thioether (sulfide) groups is 1. The molecule has 2 heterocycles. The van der Waals surface area contributed by atoms with Crippen LogP contribution in [0.15, 0.2) is 90.3 Å². The van der Waals surface area contributed by atoms with Crippen LogP contribution in [-0.4, -0.2) is 38.3 Å². The van der Waals surface area contributed by atoms with Crippen molar-refractivity contribution in [2.45, 2.75) is 62.4 Å². The fourth-order valence-electron chi connectivity index (χ4n) is 5.06. The smallest absolute Gasteiger partial charge is 0.224 e. The third-order valence-electron chi connectivity index (χ3n) is 7.53. The summed E-state index contributed by atoms with van der Waals surface area (Å²) >= 11 is 1.63. The Hall–Kier alpha value is -4.16. The van der Waals surface area contributed by atoms with Crippen LogP contribution >= 0.6 is 11.8 Å². The molecule has 236 valence electrons. The number of nitrogens with one attached hydrogen (secondary N) is 2. The normalized spacial score (nSPS) is 18.0. The second kappa shape index (κ2) is 15.7. The van der Waals surface area contributed by atoms with E-state index in [0.717, 1.165) is 21.8 Å². The van der Waals surface area contributed by atoms with Gasteiger partial charge in [-0.25, -0.2) is 4.98 Å². The number of anilines is 3. The highest BCUT2D eigenvalue weighted by molar-refractivity contribution is 7.99. The highest BCUT2D eigenvalue weighted by Gasteiger charge is 2.32. The zero-order valence-electron chi connectivity index (χ0n) is 25.2. The number of rotatable bonds is 13. The highest BCUT2D eigenvalue weighted by Crippen LogP contribution is 2.39. The van der Waals surface area contributed by atoms with Crippen LogP contribution in [0.25, 0.3) is 0 Å². The number of nitrogens with zero attached hydrogens (tertiary/aromatic N) is 2. The van der Waals surface area contributed by atoms with Crippen LogP contribution in [0.4, 0.5) is 17.1 Å². The average Bonchev–Trinajstić information content (AvgIpc) is 3.47. The lowest BCUT2D eigenvalue weighted by molar-refractivity contribution is -0.245. The molecule has 1 aliphatic rings. The molecule has 0 unspecified atom stereocenters. The molecule has 1 fully saturated rings. The van der Waals surface area contributed by atoms with Gasteiger partial charge in [-0.15, -0.1) is 0 Å². The molecule has 1 saturated heterocycles. The molecule has 0 spiro atoms. The number of aromatic nitrogens is 2. The second-order valence-electron chi connectivity index (χ2n) is 11.0. The molecule has 0 bridgehead atoms. The second-order valence-corrected chi connectivity index (χ2v) is 12.0. The molecular formula is C34H39N5O5S. The molecular weight excluding hydrogens is 590 g/mol. The van der Waals surface area contributed by atoms with Gasteiger partial charge in [-0.05, 0) is 48.2 Å². The Morgan fingerprint density at radius 1 is 0.978 bits per heavy atom. The minimum atomic E-state index is -0.637. The maximum Gasteiger partial charge on any atom is 0.224 e. The average molecular weight is 630 g/mol. The van der Waals surface area contributed by atoms with E-state index in [-0.39, 0.29) is 30.6 Å². The van der Waals surface area contributed by atoms with Crippen LogP contribution in [-0.2, 0) is 32.7 Å². The maximum absolute atomic E-state index is 12.7. The molecule has 1 aromatic heterocycles. The van der Waals surface area contributed by atoms with E-state index in [9.17, 15) is 14.7 Å². The van der Waals surface area contributed by atoms with Gasteiger partial charge in [0.15, 0.2) is 11.4 Å². The number of aliphatic hydroxyl groups excluding tert-OH is 1. The number of ether oxygens (including phenoxy) is 2. The van der Waals surface area contributed by atoms with Crippen LogP contribution < -0.4 is 16.4 Å². The monoisotopic (exact) mass is 629 g/mol. The summed E-state index contributed by atoms with van der Waals surface area (Å²) < 4.78 is 14.9. The minimum absolute atomic E-state index is 0.0157. The number of carbonyl (C=O) groups excluding carboxylic acids is 2. The molecule has 1 aliphatic heterocycles. The van der Waals surface area contributed by atoms with Gasteiger partial charge in [0, 0.05) is 55.7 Å². The van der Waals surface area contributed by atoms with E-state index in [0.29, 0.717) is 54.9 Å². The van der Waals surface area contributed by atoms with Crippen LogP contribution in [0.3, 0.4) is 0 Å². The number of nitrogens with two attached hydrogens (primary N) is 1. The largest absolute Gasteiger partial charge is 0.397 e. The molecule has 0 saturated carbocycles. The van der Waals surface area contributed by atoms with Crippen molar-refractivity contribution >= 4 is 40.6 Å². The Bertz CT molecular complexity index is 1580. The molecule has 0 aliphatic carbocycles. The Labute approximate surface area is 267 Å². The fourth-order valence-corrected chi connectivity index (χ4v) is 6.01. The first-order valence-corrected chi connectivity index (χ1v) is 16.0. The summed E-state index contributed by atoms with van der Waals surface area (Å²) in [5.41, 5.74) is 10.3. The van der Waals surface area contributed by atoms with Gasteiger partial charge in [-0.1, -0.05) is 60.3 Å². The Balaban J connectivity index is 1.17. The predicted octanol–water partition coefficient (Wildman–Crippen LogP) is 5.97. The number of unbranched alkanes of at least 4 members (excludes halogenated alkanes) is 1. The number of aryl methyl sites for hydroxylation is 1. The first kappa shape index (κ1) is 32.2. The van der Waals surface area contributed by atoms with Gasteiger partial charge in [-0.2, -0.15) is 0 Å². The molecule has 2 amide bonds. The Kier molecular flexibility index (Phi) is 11.3. The number of amides is 2. The fraction of sp³-hybridized carbons (Fsp3) is 0.324. The summed E-state index contributed by atoms with van der Waals surface area (Å²) in [6.45, 7) is -0.0157. The van der Waals surface area contributed by atoms with Gasteiger partial charge in [0.1, 0.15) is 0 Å². The standard InChI is InChI=1S/C34H39N5O5S/c1-39-18-17-36-34(39)45-22-27-20-30(24-15-13-23(21-40)14-16-24)44-33(43-27)25-7-6-8-26(19-25)37-31(41)11-4-5-12-32(42)38-29-10-3-2-9-28(29)35/h2-3,6-10,13-19,27,30,33,40H,4-5,11-12,20-22,35H2,1H3,(H,37,41)(H,38,42)/t27-,30+,33+/m1/s1. The number of hydrogen-bond acceptors (Lipinski definition) is 8. The molecule has 4 aromatic rings. The van der Waals surface area contributed by atoms with Crippen molar-refractivity contribution < 1.29 is 24.2 Å². The summed E-state index contributed by atoms with van der Waals surface area (Å²) in [5.74, 6) is 0.438. The zero-order valence-corrected chi connectivity index (χ0v) is 26.0. The van der Waals surface area contributed by atoms with Crippen LogP contribution in [0.1, 0.15) is 61.2 Å². The lowest BCUT2D eigenvalue weighted by atomic mass is 10.0. The summed E-state index contributed by atoms with van der Waals surface area (Å²) in [4.78, 5) is 29.4. The summed E-state index contributed by atoms with van der Waals surface area (Å²) in [6, 6.07) is 22.4. The van der Waals surface area contributed by atoms with E-state index in [4.69, 9.17) is 15.2 Å². The third-order valence-corrected chi connectivity index (χ3v) is 8.72. The predicted molar refractivity (Wildman–Crippen MR) is 175 cm³/mol. The van der Waals surface area contributed by atoms with Gasteiger partial charge >= 0.3 is 0 Å². The molecule has 10 nitrogen and oxygen atoms in total.